The van der Waals surface area contributed by atoms with Gasteiger partial charge in [0.25, 0.3) is 5.91 Å². The van der Waals surface area contributed by atoms with Crippen molar-refractivity contribution in [1.29, 1.82) is 0 Å². The maximum Gasteiger partial charge on any atom is 0.269 e. The lowest BCUT2D eigenvalue weighted by atomic mass is 9.94. The molecule has 2 aromatic rings. The third-order valence-electron chi connectivity index (χ3n) is 5.55. The van der Waals surface area contributed by atoms with Crippen LogP contribution in [0.3, 0.4) is 0 Å². The smallest absolute Gasteiger partial charge is 0.269 e. The molecule has 0 spiro atoms. The van der Waals surface area contributed by atoms with Crippen molar-refractivity contribution in [3.63, 3.8) is 0 Å². The number of hydrogen-bond acceptors (Lipinski definition) is 4. The van der Waals surface area contributed by atoms with Gasteiger partial charge in [0.15, 0.2) is 0 Å². The number of nitrogens with zero attached hydrogens (tertiary/aromatic N) is 5. The summed E-state index contributed by atoms with van der Waals surface area (Å²) in [5.74, 6) is 0.411. The highest BCUT2D eigenvalue weighted by atomic mass is 16.2. The van der Waals surface area contributed by atoms with Gasteiger partial charge in [-0.25, -0.2) is 0 Å². The van der Waals surface area contributed by atoms with Gasteiger partial charge < -0.3 is 5.32 Å². The summed E-state index contributed by atoms with van der Waals surface area (Å²) >= 11 is 0. The van der Waals surface area contributed by atoms with Crippen LogP contribution in [0.25, 0.3) is 0 Å². The van der Waals surface area contributed by atoms with E-state index in [1.54, 1.807) is 0 Å². The van der Waals surface area contributed by atoms with E-state index in [9.17, 15) is 4.79 Å². The quantitative estimate of drug-likeness (QED) is 0.909. The Labute approximate surface area is 154 Å². The zero-order valence-electron chi connectivity index (χ0n) is 15.7. The lowest BCUT2D eigenvalue weighted by molar-refractivity contribution is 0.0950. The molecule has 140 valence electrons. The highest BCUT2D eigenvalue weighted by Gasteiger charge is 2.27. The van der Waals surface area contributed by atoms with Crippen LogP contribution in [-0.4, -0.2) is 50.0 Å². The Morgan fingerprint density at radius 3 is 2.96 bits per heavy atom. The van der Waals surface area contributed by atoms with E-state index < -0.39 is 0 Å². The van der Waals surface area contributed by atoms with Crippen molar-refractivity contribution in [2.75, 3.05) is 19.6 Å². The molecule has 1 unspecified atom stereocenters. The van der Waals surface area contributed by atoms with Crippen LogP contribution in [0.5, 0.6) is 0 Å². The number of carbonyl (C=O) groups is 1. The third kappa shape index (κ3) is 3.40. The summed E-state index contributed by atoms with van der Waals surface area (Å²) in [6, 6.07) is 2.01. The molecule has 1 N–H and O–H groups in total. The predicted molar refractivity (Wildman–Crippen MR) is 99.1 cm³/mol. The number of likely N-dealkylation sites (tertiary alicyclic amines) is 1. The molecule has 0 aromatic carbocycles. The first kappa shape index (κ1) is 17.3. The van der Waals surface area contributed by atoms with Gasteiger partial charge in [-0.3, -0.25) is 19.1 Å². The summed E-state index contributed by atoms with van der Waals surface area (Å²) in [5.41, 5.74) is 4.23. The van der Waals surface area contributed by atoms with Crippen molar-refractivity contribution < 1.29 is 4.79 Å². The Balaban J connectivity index is 1.47. The molecule has 1 fully saturated rings. The molecule has 2 aromatic heterocycles. The fourth-order valence-corrected chi connectivity index (χ4v) is 4.07. The molecule has 0 aliphatic carbocycles. The molecule has 0 bridgehead atoms. The zero-order chi connectivity index (χ0) is 18.1. The Morgan fingerprint density at radius 1 is 1.27 bits per heavy atom. The van der Waals surface area contributed by atoms with E-state index in [0.29, 0.717) is 5.92 Å². The molecule has 0 radical (unpaired) electrons. The zero-order valence-corrected chi connectivity index (χ0v) is 15.7. The first-order chi connectivity index (χ1) is 12.6. The van der Waals surface area contributed by atoms with Crippen LogP contribution in [0, 0.1) is 6.92 Å². The summed E-state index contributed by atoms with van der Waals surface area (Å²) in [4.78, 5) is 14.7. The van der Waals surface area contributed by atoms with Gasteiger partial charge in [0, 0.05) is 50.4 Å². The minimum absolute atomic E-state index is 0.0107. The molecular weight excluding hydrogens is 328 g/mol. The van der Waals surface area contributed by atoms with Gasteiger partial charge in [-0.2, -0.15) is 10.2 Å². The summed E-state index contributed by atoms with van der Waals surface area (Å²) in [5, 5.41) is 12.3. The SMILES string of the molecule is CCn1cc(CN2CCCC(c3cc4n(n3)CCCNC4=O)C2)c(C)n1. The van der Waals surface area contributed by atoms with Crippen LogP contribution in [0.2, 0.25) is 0 Å². The number of aromatic nitrogens is 4. The van der Waals surface area contributed by atoms with Gasteiger partial charge in [0.05, 0.1) is 11.4 Å². The van der Waals surface area contributed by atoms with E-state index in [-0.39, 0.29) is 5.91 Å². The van der Waals surface area contributed by atoms with E-state index in [0.717, 1.165) is 69.2 Å². The van der Waals surface area contributed by atoms with Crippen molar-refractivity contribution in [3.8, 4) is 0 Å². The summed E-state index contributed by atoms with van der Waals surface area (Å²) in [6.07, 6.45) is 5.42. The first-order valence-corrected chi connectivity index (χ1v) is 9.75. The van der Waals surface area contributed by atoms with Crippen LogP contribution in [0.1, 0.15) is 59.5 Å². The van der Waals surface area contributed by atoms with Crippen molar-refractivity contribution in [3.05, 3.63) is 34.9 Å². The topological polar surface area (TPSA) is 68.0 Å². The largest absolute Gasteiger partial charge is 0.351 e. The third-order valence-corrected chi connectivity index (χ3v) is 5.55. The standard InChI is InChI=1S/C19H28N6O/c1-3-24-13-16(14(2)21-24)12-23-8-4-6-15(11-23)17-10-18-19(26)20-7-5-9-25(18)22-17/h10,13,15H,3-9,11-12H2,1-2H3,(H,20,26). The highest BCUT2D eigenvalue weighted by Crippen LogP contribution is 2.28. The molecule has 2 aliphatic rings. The number of carbonyl (C=O) groups excluding carboxylic acids is 1. The molecule has 7 heteroatoms. The van der Waals surface area contributed by atoms with E-state index in [2.05, 4.69) is 35.4 Å². The van der Waals surface area contributed by atoms with Crippen LogP contribution < -0.4 is 5.32 Å². The maximum atomic E-state index is 12.2. The molecule has 1 atom stereocenters. The van der Waals surface area contributed by atoms with E-state index in [1.807, 2.05) is 15.4 Å². The van der Waals surface area contributed by atoms with E-state index in [4.69, 9.17) is 5.10 Å². The van der Waals surface area contributed by atoms with Crippen LogP contribution in [-0.2, 0) is 19.6 Å². The van der Waals surface area contributed by atoms with Crippen LogP contribution in [0.15, 0.2) is 12.3 Å². The van der Waals surface area contributed by atoms with Crippen molar-refractivity contribution in [1.82, 2.24) is 29.8 Å². The fourth-order valence-electron chi connectivity index (χ4n) is 4.07. The average Bonchev–Trinajstić information content (AvgIpc) is 3.18. The van der Waals surface area contributed by atoms with Gasteiger partial charge in [0.2, 0.25) is 0 Å². The van der Waals surface area contributed by atoms with E-state index >= 15 is 0 Å². The minimum atomic E-state index is 0.0107. The molecule has 4 heterocycles. The second-order valence-electron chi connectivity index (χ2n) is 7.46. The molecular formula is C19H28N6O. The Hall–Kier alpha value is -2.15. The number of amides is 1. The Morgan fingerprint density at radius 2 is 2.15 bits per heavy atom. The Kier molecular flexibility index (Phi) is 4.80. The molecule has 0 saturated carbocycles. The number of nitrogens with one attached hydrogen (secondary N) is 1. The van der Waals surface area contributed by atoms with Gasteiger partial charge in [-0.1, -0.05) is 0 Å². The van der Waals surface area contributed by atoms with Crippen molar-refractivity contribution in [2.45, 2.75) is 58.7 Å². The minimum Gasteiger partial charge on any atom is -0.351 e. The maximum absolute atomic E-state index is 12.2. The lowest BCUT2D eigenvalue weighted by Crippen LogP contribution is -2.34. The van der Waals surface area contributed by atoms with Gasteiger partial charge in [-0.15, -0.1) is 0 Å². The summed E-state index contributed by atoms with van der Waals surface area (Å²) in [7, 11) is 0. The second kappa shape index (κ2) is 7.23. The van der Waals surface area contributed by atoms with Gasteiger partial charge in [0.1, 0.15) is 5.69 Å². The molecule has 2 aliphatic heterocycles. The number of aryl methyl sites for hydroxylation is 3. The molecule has 1 amide bonds. The first-order valence-electron chi connectivity index (χ1n) is 9.75. The van der Waals surface area contributed by atoms with Crippen molar-refractivity contribution in [2.24, 2.45) is 0 Å². The predicted octanol–water partition coefficient (Wildman–Crippen LogP) is 1.92. The number of fused-ring (bicyclic) bond motifs is 1. The van der Waals surface area contributed by atoms with Crippen LogP contribution in [0.4, 0.5) is 0 Å². The molecule has 7 nitrogen and oxygen atoms in total. The molecule has 4 rings (SSSR count). The van der Waals surface area contributed by atoms with E-state index in [1.165, 1.54) is 12.0 Å². The summed E-state index contributed by atoms with van der Waals surface area (Å²) in [6.45, 7) is 9.72. The van der Waals surface area contributed by atoms with Crippen molar-refractivity contribution >= 4 is 5.91 Å². The fraction of sp³-hybridized carbons (Fsp3) is 0.632. The monoisotopic (exact) mass is 356 g/mol. The van der Waals surface area contributed by atoms with Gasteiger partial charge in [-0.05, 0) is 45.7 Å². The number of piperidine rings is 1. The average molecular weight is 356 g/mol. The molecule has 1 saturated heterocycles. The number of rotatable bonds is 4. The lowest BCUT2D eigenvalue weighted by Gasteiger charge is -2.31. The number of hydrogen-bond donors (Lipinski definition) is 1. The Bertz CT molecular complexity index is 792. The highest BCUT2D eigenvalue weighted by molar-refractivity contribution is 5.92. The molecule has 26 heavy (non-hydrogen) atoms. The van der Waals surface area contributed by atoms with Gasteiger partial charge >= 0.3 is 0 Å². The normalized spacial score (nSPS) is 21.3. The summed E-state index contributed by atoms with van der Waals surface area (Å²) < 4.78 is 3.91. The van der Waals surface area contributed by atoms with Crippen LogP contribution >= 0.6 is 0 Å². The second-order valence-corrected chi connectivity index (χ2v) is 7.46.